The van der Waals surface area contributed by atoms with Crippen molar-refractivity contribution in [3.63, 3.8) is 0 Å². The highest BCUT2D eigenvalue weighted by atomic mass is 16.4. The Morgan fingerprint density at radius 2 is 2.56 bits per heavy atom. The minimum Gasteiger partial charge on any atom is -0.543 e. The lowest BCUT2D eigenvalue weighted by Crippen LogP contribution is -2.22. The van der Waals surface area contributed by atoms with Crippen molar-refractivity contribution in [2.75, 3.05) is 0 Å². The molecule has 1 heterocycles. The molecule has 0 saturated heterocycles. The lowest BCUT2D eigenvalue weighted by molar-refractivity contribution is -0.255. The third-order valence-electron chi connectivity index (χ3n) is 0.828. The van der Waals surface area contributed by atoms with Gasteiger partial charge >= 0.3 is 0 Å². The van der Waals surface area contributed by atoms with Crippen LogP contribution in [0.3, 0.4) is 0 Å². The van der Waals surface area contributed by atoms with Gasteiger partial charge in [0.1, 0.15) is 12.0 Å². The second-order valence-electron chi connectivity index (χ2n) is 1.54. The van der Waals surface area contributed by atoms with Crippen LogP contribution in [0.5, 0.6) is 0 Å². The summed E-state index contributed by atoms with van der Waals surface area (Å²) in [5.41, 5.74) is -0.160. The molecule has 9 heavy (non-hydrogen) atoms. The lowest BCUT2D eigenvalue weighted by atomic mass is 10.5. The van der Waals surface area contributed by atoms with Gasteiger partial charge in [-0.3, -0.25) is 0 Å². The SMILES string of the molecule is Cc1nc(C(=O)[O-])co1. The van der Waals surface area contributed by atoms with Crippen LogP contribution in [0.15, 0.2) is 10.7 Å². The number of hydrogen-bond acceptors (Lipinski definition) is 4. The zero-order valence-electron chi connectivity index (χ0n) is 4.75. The van der Waals surface area contributed by atoms with Crippen LogP contribution in [0, 0.1) is 6.92 Å². The second-order valence-corrected chi connectivity index (χ2v) is 1.54. The summed E-state index contributed by atoms with van der Waals surface area (Å²) in [5.74, 6) is -0.985. The van der Waals surface area contributed by atoms with E-state index in [-0.39, 0.29) is 5.69 Å². The first kappa shape index (κ1) is 5.81. The van der Waals surface area contributed by atoms with E-state index in [9.17, 15) is 9.90 Å². The maximum Gasteiger partial charge on any atom is 0.191 e. The number of carboxylic acid groups (broad SMARTS) is 1. The average Bonchev–Trinajstić information content (AvgIpc) is 2.14. The van der Waals surface area contributed by atoms with Crippen molar-refractivity contribution in [2.24, 2.45) is 0 Å². The molecule has 0 aliphatic carbocycles. The molecule has 0 fully saturated rings. The van der Waals surface area contributed by atoms with Crippen LogP contribution in [-0.4, -0.2) is 11.0 Å². The number of nitrogens with zero attached hydrogens (tertiary/aromatic N) is 1. The number of carbonyl (C=O) groups excluding carboxylic acids is 1. The number of hydrogen-bond donors (Lipinski definition) is 0. The Hall–Kier alpha value is -1.32. The monoisotopic (exact) mass is 126 g/mol. The third-order valence-corrected chi connectivity index (χ3v) is 0.828. The summed E-state index contributed by atoms with van der Waals surface area (Å²) in [7, 11) is 0. The summed E-state index contributed by atoms with van der Waals surface area (Å²) >= 11 is 0. The number of aromatic nitrogens is 1. The molecule has 0 amide bonds. The van der Waals surface area contributed by atoms with Crippen molar-refractivity contribution in [2.45, 2.75) is 6.92 Å². The highest BCUT2D eigenvalue weighted by Gasteiger charge is 1.97. The zero-order chi connectivity index (χ0) is 6.85. The molecular formula is C5H4NO3-. The Morgan fingerprint density at radius 1 is 1.89 bits per heavy atom. The van der Waals surface area contributed by atoms with Gasteiger partial charge in [0, 0.05) is 6.92 Å². The first-order chi connectivity index (χ1) is 4.20. The fraction of sp³-hybridized carbons (Fsp3) is 0.200. The summed E-state index contributed by atoms with van der Waals surface area (Å²) in [4.78, 5) is 13.5. The molecule has 0 atom stereocenters. The topological polar surface area (TPSA) is 66.2 Å². The molecule has 0 aliphatic heterocycles. The van der Waals surface area contributed by atoms with Gasteiger partial charge in [-0.15, -0.1) is 0 Å². The number of aryl methyl sites for hydroxylation is 1. The summed E-state index contributed by atoms with van der Waals surface area (Å²) in [5, 5.41) is 9.98. The van der Waals surface area contributed by atoms with Gasteiger partial charge in [0.25, 0.3) is 0 Å². The summed E-state index contributed by atoms with van der Waals surface area (Å²) in [6.07, 6.45) is 1.05. The first-order valence-electron chi connectivity index (χ1n) is 2.33. The van der Waals surface area contributed by atoms with Crippen molar-refractivity contribution >= 4 is 5.97 Å². The van der Waals surface area contributed by atoms with E-state index in [0.717, 1.165) is 6.26 Å². The van der Waals surface area contributed by atoms with Crippen molar-refractivity contribution in [3.05, 3.63) is 17.8 Å². The molecule has 1 aromatic heterocycles. The van der Waals surface area contributed by atoms with Gasteiger partial charge in [-0.1, -0.05) is 0 Å². The Balaban J connectivity index is 2.98. The van der Waals surface area contributed by atoms with Gasteiger partial charge < -0.3 is 14.3 Å². The van der Waals surface area contributed by atoms with E-state index < -0.39 is 5.97 Å². The second kappa shape index (κ2) is 1.89. The number of carboxylic acids is 1. The maximum atomic E-state index is 9.98. The molecular weight excluding hydrogens is 122 g/mol. The zero-order valence-corrected chi connectivity index (χ0v) is 4.75. The predicted molar refractivity (Wildman–Crippen MR) is 25.6 cm³/mol. The highest BCUT2D eigenvalue weighted by Crippen LogP contribution is 1.97. The van der Waals surface area contributed by atoms with E-state index in [1.165, 1.54) is 0 Å². The van der Waals surface area contributed by atoms with Gasteiger partial charge in [-0.05, 0) is 0 Å². The third kappa shape index (κ3) is 1.07. The smallest absolute Gasteiger partial charge is 0.191 e. The van der Waals surface area contributed by atoms with E-state index in [1.807, 2.05) is 0 Å². The van der Waals surface area contributed by atoms with E-state index >= 15 is 0 Å². The van der Waals surface area contributed by atoms with Crippen LogP contribution in [0.25, 0.3) is 0 Å². The predicted octanol–water partition coefficient (Wildman–Crippen LogP) is -0.653. The Labute approximate surface area is 51.1 Å². The molecule has 1 rings (SSSR count). The summed E-state index contributed by atoms with van der Waals surface area (Å²) < 4.78 is 4.59. The molecule has 0 N–H and O–H groups in total. The van der Waals surface area contributed by atoms with Gasteiger partial charge in [-0.2, -0.15) is 0 Å². The quantitative estimate of drug-likeness (QED) is 0.501. The van der Waals surface area contributed by atoms with Crippen LogP contribution >= 0.6 is 0 Å². The van der Waals surface area contributed by atoms with Crippen molar-refractivity contribution < 1.29 is 14.3 Å². The largest absolute Gasteiger partial charge is 0.543 e. The van der Waals surface area contributed by atoms with Crippen LogP contribution < -0.4 is 5.11 Å². The molecule has 0 radical (unpaired) electrons. The van der Waals surface area contributed by atoms with E-state index in [1.54, 1.807) is 6.92 Å². The highest BCUT2D eigenvalue weighted by molar-refractivity contribution is 5.82. The Kier molecular flexibility index (Phi) is 1.22. The van der Waals surface area contributed by atoms with E-state index in [2.05, 4.69) is 9.40 Å². The number of rotatable bonds is 1. The number of aromatic carboxylic acids is 1. The van der Waals surface area contributed by atoms with Gasteiger partial charge in [0.05, 0.1) is 5.97 Å². The number of carbonyl (C=O) groups is 1. The molecule has 0 aromatic carbocycles. The molecule has 0 bridgehead atoms. The summed E-state index contributed by atoms with van der Waals surface area (Å²) in [6, 6.07) is 0. The molecule has 4 nitrogen and oxygen atoms in total. The lowest BCUT2D eigenvalue weighted by Gasteiger charge is -1.89. The van der Waals surface area contributed by atoms with Crippen molar-refractivity contribution in [1.82, 2.24) is 4.98 Å². The molecule has 4 heteroatoms. The van der Waals surface area contributed by atoms with Crippen molar-refractivity contribution in [1.29, 1.82) is 0 Å². The van der Waals surface area contributed by atoms with E-state index in [4.69, 9.17) is 0 Å². The fourth-order valence-corrected chi connectivity index (χ4v) is 0.457. The number of oxazole rings is 1. The maximum absolute atomic E-state index is 9.98. The van der Waals surface area contributed by atoms with Crippen LogP contribution in [0.2, 0.25) is 0 Å². The molecule has 0 saturated carbocycles. The van der Waals surface area contributed by atoms with Gasteiger partial charge in [0.2, 0.25) is 0 Å². The van der Waals surface area contributed by atoms with Gasteiger partial charge in [-0.25, -0.2) is 4.98 Å². The van der Waals surface area contributed by atoms with Crippen molar-refractivity contribution in [3.8, 4) is 0 Å². The average molecular weight is 126 g/mol. The summed E-state index contributed by atoms with van der Waals surface area (Å²) in [6.45, 7) is 1.56. The van der Waals surface area contributed by atoms with E-state index in [0.29, 0.717) is 5.89 Å². The van der Waals surface area contributed by atoms with Crippen LogP contribution in [0.4, 0.5) is 0 Å². The van der Waals surface area contributed by atoms with Gasteiger partial charge in [0.15, 0.2) is 5.89 Å². The Morgan fingerprint density at radius 3 is 2.78 bits per heavy atom. The molecule has 0 aliphatic rings. The normalized spacial score (nSPS) is 9.44. The fourth-order valence-electron chi connectivity index (χ4n) is 0.457. The molecule has 1 aromatic rings. The molecule has 0 unspecified atom stereocenters. The van der Waals surface area contributed by atoms with Crippen LogP contribution in [0.1, 0.15) is 16.4 Å². The molecule has 0 spiro atoms. The van der Waals surface area contributed by atoms with Crippen LogP contribution in [-0.2, 0) is 0 Å². The first-order valence-corrected chi connectivity index (χ1v) is 2.33. The Bertz CT molecular complexity index is 228. The molecule has 48 valence electrons. The standard InChI is InChI=1S/C5H5NO3/c1-3-6-4(2-9-3)5(7)8/h2H,1H3,(H,7,8)/p-1. The minimum atomic E-state index is -1.31. The minimum absolute atomic E-state index is 0.160.